The van der Waals surface area contributed by atoms with Gasteiger partial charge < -0.3 is 5.32 Å². The van der Waals surface area contributed by atoms with Crippen LogP contribution in [0.15, 0.2) is 17.5 Å². The van der Waals surface area contributed by atoms with Crippen molar-refractivity contribution in [2.75, 3.05) is 6.54 Å². The van der Waals surface area contributed by atoms with Gasteiger partial charge in [-0.3, -0.25) is 0 Å². The Balaban J connectivity index is 1.94. The Morgan fingerprint density at radius 1 is 1.27 bits per heavy atom. The molecule has 1 nitrogen and oxygen atoms in total. The number of alkyl halides is 3. The molecule has 0 aliphatic rings. The zero-order valence-electron chi connectivity index (χ0n) is 8.31. The number of hydrogen-bond donors (Lipinski definition) is 1. The number of hydrogen-bond acceptors (Lipinski definition) is 2. The third-order valence-corrected chi connectivity index (χ3v) is 2.82. The first-order chi connectivity index (χ1) is 7.08. The second-order valence-electron chi connectivity index (χ2n) is 3.33. The zero-order chi connectivity index (χ0) is 11.1. The first kappa shape index (κ1) is 12.5. The van der Waals surface area contributed by atoms with Crippen LogP contribution in [0.2, 0.25) is 0 Å². The fourth-order valence-electron chi connectivity index (χ4n) is 1.20. The third kappa shape index (κ3) is 6.52. The Hall–Kier alpha value is -0.550. The van der Waals surface area contributed by atoms with Gasteiger partial charge in [0.1, 0.15) is 0 Å². The minimum absolute atomic E-state index is 0.209. The van der Waals surface area contributed by atoms with E-state index in [-0.39, 0.29) is 6.42 Å². The molecule has 86 valence electrons. The Morgan fingerprint density at radius 3 is 2.67 bits per heavy atom. The average molecular weight is 237 g/mol. The summed E-state index contributed by atoms with van der Waals surface area (Å²) >= 11 is 1.65. The van der Waals surface area contributed by atoms with Crippen molar-refractivity contribution in [2.45, 2.75) is 32.0 Å². The van der Waals surface area contributed by atoms with Crippen LogP contribution in [0.1, 0.15) is 24.1 Å². The van der Waals surface area contributed by atoms with E-state index in [0.717, 1.165) is 6.54 Å². The highest BCUT2D eigenvalue weighted by Gasteiger charge is 2.25. The molecule has 0 amide bonds. The lowest BCUT2D eigenvalue weighted by Crippen LogP contribution is -2.15. The summed E-state index contributed by atoms with van der Waals surface area (Å²) in [5.74, 6) is 0. The molecule has 0 radical (unpaired) electrons. The average Bonchev–Trinajstić information content (AvgIpc) is 2.61. The maximum Gasteiger partial charge on any atom is 0.389 e. The molecule has 1 N–H and O–H groups in total. The SMILES string of the molecule is FC(F)(F)CCCCNCc1cccs1. The molecule has 0 spiro atoms. The van der Waals surface area contributed by atoms with E-state index in [2.05, 4.69) is 5.32 Å². The van der Waals surface area contributed by atoms with Gasteiger partial charge in [-0.15, -0.1) is 11.3 Å². The summed E-state index contributed by atoms with van der Waals surface area (Å²) in [6.07, 6.45) is -3.90. The molecule has 0 bridgehead atoms. The number of nitrogens with one attached hydrogen (secondary N) is 1. The van der Waals surface area contributed by atoms with E-state index < -0.39 is 12.6 Å². The Kier molecular flexibility index (Phi) is 5.11. The van der Waals surface area contributed by atoms with Crippen molar-refractivity contribution in [1.29, 1.82) is 0 Å². The number of rotatable bonds is 6. The van der Waals surface area contributed by atoms with Crippen LogP contribution in [0.25, 0.3) is 0 Å². The van der Waals surface area contributed by atoms with Crippen molar-refractivity contribution in [2.24, 2.45) is 0 Å². The standard InChI is InChI=1S/C10H14F3NS/c11-10(12,13)5-1-2-6-14-8-9-4-3-7-15-9/h3-4,7,14H,1-2,5-6,8H2. The van der Waals surface area contributed by atoms with Crippen LogP contribution in [0.3, 0.4) is 0 Å². The predicted octanol–water partition coefficient (Wildman–Crippen LogP) is 3.57. The normalized spacial score (nSPS) is 11.9. The largest absolute Gasteiger partial charge is 0.389 e. The van der Waals surface area contributed by atoms with Gasteiger partial charge >= 0.3 is 6.18 Å². The first-order valence-electron chi connectivity index (χ1n) is 4.88. The molecule has 0 aromatic carbocycles. The summed E-state index contributed by atoms with van der Waals surface area (Å²) < 4.78 is 35.3. The van der Waals surface area contributed by atoms with Crippen molar-refractivity contribution in [3.8, 4) is 0 Å². The van der Waals surface area contributed by atoms with Crippen molar-refractivity contribution in [3.05, 3.63) is 22.4 Å². The summed E-state index contributed by atoms with van der Waals surface area (Å²) in [5.41, 5.74) is 0. The minimum atomic E-state index is -4.01. The second-order valence-corrected chi connectivity index (χ2v) is 4.36. The van der Waals surface area contributed by atoms with E-state index in [1.54, 1.807) is 11.3 Å². The van der Waals surface area contributed by atoms with Crippen molar-refractivity contribution in [1.82, 2.24) is 5.32 Å². The van der Waals surface area contributed by atoms with Gasteiger partial charge in [0.2, 0.25) is 0 Å². The summed E-state index contributed by atoms with van der Waals surface area (Å²) in [6.45, 7) is 1.40. The molecule has 1 aromatic rings. The molecule has 1 aromatic heterocycles. The maximum atomic E-state index is 11.8. The van der Waals surface area contributed by atoms with Crippen molar-refractivity contribution in [3.63, 3.8) is 0 Å². The molecule has 0 saturated heterocycles. The summed E-state index contributed by atoms with van der Waals surface area (Å²) in [5, 5.41) is 5.10. The molecule has 0 aliphatic heterocycles. The van der Waals surface area contributed by atoms with E-state index in [0.29, 0.717) is 13.0 Å². The summed E-state index contributed by atoms with van der Waals surface area (Å²) in [4.78, 5) is 1.21. The van der Waals surface area contributed by atoms with Gasteiger partial charge in [-0.05, 0) is 30.8 Å². The maximum absolute atomic E-state index is 11.8. The van der Waals surface area contributed by atoms with E-state index in [1.807, 2.05) is 17.5 Å². The lowest BCUT2D eigenvalue weighted by molar-refractivity contribution is -0.135. The van der Waals surface area contributed by atoms with Gasteiger partial charge in [0, 0.05) is 17.8 Å². The second kappa shape index (κ2) is 6.12. The molecule has 0 atom stereocenters. The molecule has 5 heteroatoms. The third-order valence-electron chi connectivity index (χ3n) is 1.94. The van der Waals surface area contributed by atoms with Crippen LogP contribution >= 0.6 is 11.3 Å². The Labute approximate surface area is 91.3 Å². The molecule has 0 saturated carbocycles. The lowest BCUT2D eigenvalue weighted by Gasteiger charge is -2.06. The highest BCUT2D eigenvalue weighted by atomic mass is 32.1. The topological polar surface area (TPSA) is 12.0 Å². The molecule has 1 rings (SSSR count). The van der Waals surface area contributed by atoms with Gasteiger partial charge in [0.15, 0.2) is 0 Å². The Bertz CT molecular complexity index is 256. The fraction of sp³-hybridized carbons (Fsp3) is 0.600. The van der Waals surface area contributed by atoms with Crippen LogP contribution < -0.4 is 5.32 Å². The molecule has 0 unspecified atom stereocenters. The van der Waals surface area contributed by atoms with E-state index in [9.17, 15) is 13.2 Å². The number of unbranched alkanes of at least 4 members (excludes halogenated alkanes) is 1. The molecule has 15 heavy (non-hydrogen) atoms. The smallest absolute Gasteiger partial charge is 0.312 e. The summed E-state index contributed by atoms with van der Waals surface area (Å²) in [6, 6.07) is 3.97. The molecule has 0 fully saturated rings. The highest BCUT2D eigenvalue weighted by Crippen LogP contribution is 2.21. The van der Waals surface area contributed by atoms with Crippen molar-refractivity contribution >= 4 is 11.3 Å². The van der Waals surface area contributed by atoms with Gasteiger partial charge in [-0.25, -0.2) is 0 Å². The highest BCUT2D eigenvalue weighted by molar-refractivity contribution is 7.09. The molecule has 0 aliphatic carbocycles. The zero-order valence-corrected chi connectivity index (χ0v) is 9.13. The van der Waals surface area contributed by atoms with E-state index >= 15 is 0 Å². The molecular weight excluding hydrogens is 223 g/mol. The van der Waals surface area contributed by atoms with Gasteiger partial charge in [-0.1, -0.05) is 6.07 Å². The minimum Gasteiger partial charge on any atom is -0.312 e. The van der Waals surface area contributed by atoms with E-state index in [4.69, 9.17) is 0 Å². The van der Waals surface area contributed by atoms with Crippen LogP contribution in [-0.2, 0) is 6.54 Å². The first-order valence-corrected chi connectivity index (χ1v) is 5.76. The fourth-order valence-corrected chi connectivity index (χ4v) is 1.87. The summed E-state index contributed by atoms with van der Waals surface area (Å²) in [7, 11) is 0. The quantitative estimate of drug-likeness (QED) is 0.746. The Morgan fingerprint density at radius 2 is 2.07 bits per heavy atom. The van der Waals surface area contributed by atoms with Gasteiger partial charge in [0.05, 0.1) is 0 Å². The van der Waals surface area contributed by atoms with Crippen LogP contribution in [-0.4, -0.2) is 12.7 Å². The number of halogens is 3. The lowest BCUT2D eigenvalue weighted by atomic mass is 10.2. The molecule has 1 heterocycles. The predicted molar refractivity (Wildman–Crippen MR) is 55.9 cm³/mol. The van der Waals surface area contributed by atoms with Gasteiger partial charge in [-0.2, -0.15) is 13.2 Å². The van der Waals surface area contributed by atoms with Crippen LogP contribution in [0.4, 0.5) is 13.2 Å². The monoisotopic (exact) mass is 237 g/mol. The van der Waals surface area contributed by atoms with Crippen LogP contribution in [0, 0.1) is 0 Å². The van der Waals surface area contributed by atoms with E-state index in [1.165, 1.54) is 4.88 Å². The molecular formula is C10H14F3NS. The number of thiophene rings is 1. The van der Waals surface area contributed by atoms with Crippen LogP contribution in [0.5, 0.6) is 0 Å². The van der Waals surface area contributed by atoms with Gasteiger partial charge in [0.25, 0.3) is 0 Å². The van der Waals surface area contributed by atoms with Crippen molar-refractivity contribution < 1.29 is 13.2 Å².